The van der Waals surface area contributed by atoms with E-state index in [0.717, 1.165) is 5.56 Å². The summed E-state index contributed by atoms with van der Waals surface area (Å²) in [5.41, 5.74) is 5.71. The fraction of sp³-hybridized carbons (Fsp3) is 0.364. The van der Waals surface area contributed by atoms with Crippen molar-refractivity contribution in [3.8, 4) is 11.5 Å². The van der Waals surface area contributed by atoms with Crippen LogP contribution in [0, 0.1) is 0 Å². The summed E-state index contributed by atoms with van der Waals surface area (Å²) in [7, 11) is 1.52. The molecule has 0 unspecified atom stereocenters. The lowest BCUT2D eigenvalue weighted by molar-refractivity contribution is -0.118. The van der Waals surface area contributed by atoms with Gasteiger partial charge in [-0.15, -0.1) is 0 Å². The molecule has 0 aliphatic rings. The molecule has 0 aliphatic heterocycles. The quantitative estimate of drug-likeness (QED) is 0.736. The molecule has 3 N–H and O–H groups in total. The van der Waals surface area contributed by atoms with E-state index in [4.69, 9.17) is 20.3 Å². The lowest BCUT2D eigenvalue weighted by atomic mass is 10.2. The van der Waals surface area contributed by atoms with Gasteiger partial charge in [-0.25, -0.2) is 0 Å². The first-order valence-corrected chi connectivity index (χ1v) is 4.86. The Hall–Kier alpha value is -1.75. The molecule has 0 bridgehead atoms. The van der Waals surface area contributed by atoms with Gasteiger partial charge in [0.2, 0.25) is 5.91 Å². The number of nitrogens with two attached hydrogens (primary N) is 1. The van der Waals surface area contributed by atoms with Crippen LogP contribution in [0.5, 0.6) is 11.5 Å². The number of aliphatic hydroxyl groups excluding tert-OH is 1. The normalized spacial score (nSPS) is 9.88. The molecule has 88 valence electrons. The highest BCUT2D eigenvalue weighted by atomic mass is 16.5. The zero-order valence-corrected chi connectivity index (χ0v) is 9.10. The Kier molecular flexibility index (Phi) is 4.60. The molecule has 0 heterocycles. The zero-order valence-electron chi connectivity index (χ0n) is 9.10. The maximum absolute atomic E-state index is 10.5. The van der Waals surface area contributed by atoms with Crippen molar-refractivity contribution in [1.82, 2.24) is 0 Å². The van der Waals surface area contributed by atoms with Crippen molar-refractivity contribution in [3.63, 3.8) is 0 Å². The number of carbonyl (C=O) groups excluding carboxylic acids is 1. The number of amides is 1. The summed E-state index contributed by atoms with van der Waals surface area (Å²) in [6.07, 6.45) is 0.145. The van der Waals surface area contributed by atoms with Crippen LogP contribution in [0.3, 0.4) is 0 Å². The minimum Gasteiger partial charge on any atom is -0.493 e. The van der Waals surface area contributed by atoms with Crippen LogP contribution in [0.2, 0.25) is 0 Å². The van der Waals surface area contributed by atoms with E-state index in [1.54, 1.807) is 18.2 Å². The number of hydrogen-bond donors (Lipinski definition) is 2. The van der Waals surface area contributed by atoms with Crippen molar-refractivity contribution in [2.45, 2.75) is 13.0 Å². The van der Waals surface area contributed by atoms with Crippen LogP contribution in [0.4, 0.5) is 0 Å². The van der Waals surface area contributed by atoms with E-state index < -0.39 is 5.91 Å². The average Bonchev–Trinajstić information content (AvgIpc) is 2.28. The fourth-order valence-corrected chi connectivity index (χ4v) is 1.19. The summed E-state index contributed by atoms with van der Waals surface area (Å²) in [6.45, 7) is 0.122. The van der Waals surface area contributed by atoms with Crippen molar-refractivity contribution >= 4 is 5.91 Å². The van der Waals surface area contributed by atoms with Gasteiger partial charge >= 0.3 is 0 Å². The van der Waals surface area contributed by atoms with Gasteiger partial charge in [-0.1, -0.05) is 6.07 Å². The van der Waals surface area contributed by atoms with Gasteiger partial charge in [0.05, 0.1) is 26.7 Å². The minimum absolute atomic E-state index is 0.0732. The molecule has 5 heteroatoms. The second-order valence-corrected chi connectivity index (χ2v) is 3.21. The van der Waals surface area contributed by atoms with E-state index >= 15 is 0 Å². The second kappa shape index (κ2) is 5.97. The molecule has 0 atom stereocenters. The van der Waals surface area contributed by atoms with Gasteiger partial charge in [-0.3, -0.25) is 4.79 Å². The summed E-state index contributed by atoms with van der Waals surface area (Å²) in [6, 6.07) is 5.10. The van der Waals surface area contributed by atoms with Crippen LogP contribution >= 0.6 is 0 Å². The third-order valence-electron chi connectivity index (χ3n) is 2.02. The number of carbonyl (C=O) groups is 1. The summed E-state index contributed by atoms with van der Waals surface area (Å²) in [5, 5.41) is 8.97. The van der Waals surface area contributed by atoms with Crippen molar-refractivity contribution in [2.75, 3.05) is 13.7 Å². The van der Waals surface area contributed by atoms with Crippen molar-refractivity contribution in [2.24, 2.45) is 5.73 Å². The van der Waals surface area contributed by atoms with E-state index in [0.29, 0.717) is 11.5 Å². The highest BCUT2D eigenvalue weighted by Crippen LogP contribution is 2.28. The summed E-state index contributed by atoms with van der Waals surface area (Å²) in [5.74, 6) is 0.634. The minimum atomic E-state index is -0.419. The number of aliphatic hydroxyl groups is 1. The van der Waals surface area contributed by atoms with Crippen LogP contribution in [0.15, 0.2) is 18.2 Å². The third-order valence-corrected chi connectivity index (χ3v) is 2.02. The Bertz CT molecular complexity index is 365. The van der Waals surface area contributed by atoms with Crippen molar-refractivity contribution < 1.29 is 19.4 Å². The molecule has 0 aromatic heterocycles. The molecule has 0 saturated carbocycles. The molecular weight excluding hydrogens is 210 g/mol. The molecule has 16 heavy (non-hydrogen) atoms. The number of primary amides is 1. The van der Waals surface area contributed by atoms with Gasteiger partial charge in [0, 0.05) is 0 Å². The summed E-state index contributed by atoms with van der Waals surface area (Å²) < 4.78 is 10.4. The lowest BCUT2D eigenvalue weighted by Gasteiger charge is -2.11. The molecule has 0 spiro atoms. The lowest BCUT2D eigenvalue weighted by Crippen LogP contribution is -2.14. The van der Waals surface area contributed by atoms with E-state index in [2.05, 4.69) is 0 Å². The maximum Gasteiger partial charge on any atom is 0.220 e. The Morgan fingerprint density at radius 2 is 2.19 bits per heavy atom. The van der Waals surface area contributed by atoms with Crippen LogP contribution in [0.1, 0.15) is 12.0 Å². The topological polar surface area (TPSA) is 81.8 Å². The smallest absolute Gasteiger partial charge is 0.220 e. The van der Waals surface area contributed by atoms with Gasteiger partial charge in [0.25, 0.3) is 0 Å². The first-order chi connectivity index (χ1) is 7.67. The zero-order chi connectivity index (χ0) is 12.0. The van der Waals surface area contributed by atoms with E-state index in [1.165, 1.54) is 7.11 Å². The van der Waals surface area contributed by atoms with Crippen LogP contribution in [-0.2, 0) is 11.4 Å². The van der Waals surface area contributed by atoms with E-state index in [-0.39, 0.29) is 19.6 Å². The van der Waals surface area contributed by atoms with Crippen molar-refractivity contribution in [3.05, 3.63) is 23.8 Å². The molecule has 0 radical (unpaired) electrons. The molecule has 0 saturated heterocycles. The highest BCUT2D eigenvalue weighted by Gasteiger charge is 2.06. The largest absolute Gasteiger partial charge is 0.493 e. The molecule has 1 aromatic carbocycles. The van der Waals surface area contributed by atoms with E-state index in [9.17, 15) is 4.79 Å². The number of ether oxygens (including phenoxy) is 2. The highest BCUT2D eigenvalue weighted by molar-refractivity contribution is 5.73. The number of benzene rings is 1. The van der Waals surface area contributed by atoms with Gasteiger partial charge in [-0.2, -0.15) is 0 Å². The number of methoxy groups -OCH3 is 1. The summed E-state index contributed by atoms with van der Waals surface area (Å²) >= 11 is 0. The van der Waals surface area contributed by atoms with Crippen LogP contribution in [-0.4, -0.2) is 24.7 Å². The first kappa shape index (κ1) is 12.3. The van der Waals surface area contributed by atoms with Crippen LogP contribution < -0.4 is 15.2 Å². The SMILES string of the molecule is COc1ccc(CO)cc1OCCC(N)=O. The van der Waals surface area contributed by atoms with Gasteiger partial charge < -0.3 is 20.3 Å². The molecule has 1 aromatic rings. The number of hydrogen-bond acceptors (Lipinski definition) is 4. The average molecular weight is 225 g/mol. The molecule has 0 fully saturated rings. The Morgan fingerprint density at radius 1 is 1.44 bits per heavy atom. The predicted octanol–water partition coefficient (Wildman–Crippen LogP) is 0.442. The van der Waals surface area contributed by atoms with Gasteiger partial charge in [-0.05, 0) is 17.7 Å². The predicted molar refractivity (Wildman–Crippen MR) is 58.2 cm³/mol. The third kappa shape index (κ3) is 3.43. The maximum atomic E-state index is 10.5. The summed E-state index contributed by atoms with van der Waals surface area (Å²) in [4.78, 5) is 10.5. The molecule has 1 amide bonds. The number of rotatable bonds is 6. The van der Waals surface area contributed by atoms with Gasteiger partial charge in [0.15, 0.2) is 11.5 Å². The monoisotopic (exact) mass is 225 g/mol. The molecule has 5 nitrogen and oxygen atoms in total. The second-order valence-electron chi connectivity index (χ2n) is 3.21. The van der Waals surface area contributed by atoms with Gasteiger partial charge in [0.1, 0.15) is 0 Å². The fourth-order valence-electron chi connectivity index (χ4n) is 1.19. The first-order valence-electron chi connectivity index (χ1n) is 4.86. The Labute approximate surface area is 93.8 Å². The molecule has 0 aliphatic carbocycles. The standard InChI is InChI=1S/C11H15NO4/c1-15-9-3-2-8(7-13)6-10(9)16-5-4-11(12)14/h2-3,6,13H,4-5,7H2,1H3,(H2,12,14). The molecule has 1 rings (SSSR count). The Morgan fingerprint density at radius 3 is 2.75 bits per heavy atom. The molecular formula is C11H15NO4. The Balaban J connectivity index is 2.71. The van der Waals surface area contributed by atoms with Crippen LogP contribution in [0.25, 0.3) is 0 Å². The van der Waals surface area contributed by atoms with E-state index in [1.807, 2.05) is 0 Å². The van der Waals surface area contributed by atoms with Crippen molar-refractivity contribution in [1.29, 1.82) is 0 Å².